The predicted molar refractivity (Wildman–Crippen MR) is 83.5 cm³/mol. The second kappa shape index (κ2) is 6.27. The Hall–Kier alpha value is -2.35. The summed E-state index contributed by atoms with van der Waals surface area (Å²) in [5.41, 5.74) is 7.19. The second-order valence-electron chi connectivity index (χ2n) is 5.68. The van der Waals surface area contributed by atoms with Crippen LogP contribution in [0.25, 0.3) is 0 Å². The van der Waals surface area contributed by atoms with Crippen LogP contribution >= 0.6 is 0 Å². The van der Waals surface area contributed by atoms with Gasteiger partial charge in [-0.2, -0.15) is 13.2 Å². The molecule has 1 aliphatic heterocycles. The van der Waals surface area contributed by atoms with Gasteiger partial charge in [0.25, 0.3) is 0 Å². The summed E-state index contributed by atoms with van der Waals surface area (Å²) < 4.78 is 43.6. The first-order valence-electron chi connectivity index (χ1n) is 7.47. The highest BCUT2D eigenvalue weighted by Gasteiger charge is 2.31. The van der Waals surface area contributed by atoms with E-state index in [1.165, 1.54) is 6.07 Å². The highest BCUT2D eigenvalue weighted by Crippen LogP contribution is 2.30. The van der Waals surface area contributed by atoms with Crippen molar-refractivity contribution >= 4 is 11.5 Å². The topological polar surface area (TPSA) is 64.3 Å². The van der Waals surface area contributed by atoms with E-state index >= 15 is 0 Å². The Morgan fingerprint density at radius 2 is 2.08 bits per heavy atom. The average Bonchev–Trinajstić information content (AvgIpc) is 2.53. The summed E-state index contributed by atoms with van der Waals surface area (Å²) >= 11 is 0. The van der Waals surface area contributed by atoms with E-state index in [-0.39, 0.29) is 6.10 Å². The minimum atomic E-state index is -4.39. The van der Waals surface area contributed by atoms with Crippen LogP contribution in [-0.4, -0.2) is 29.7 Å². The zero-order valence-corrected chi connectivity index (χ0v) is 13.0. The maximum atomic E-state index is 12.6. The number of nitrogens with zero attached hydrogens (tertiary/aromatic N) is 3. The third kappa shape index (κ3) is 3.59. The fourth-order valence-electron chi connectivity index (χ4n) is 2.66. The van der Waals surface area contributed by atoms with Crippen molar-refractivity contribution in [3.8, 4) is 0 Å². The molecule has 0 radical (unpaired) electrons. The summed E-state index contributed by atoms with van der Waals surface area (Å²) in [7, 11) is 0. The van der Waals surface area contributed by atoms with Gasteiger partial charge in [0.1, 0.15) is 11.9 Å². The number of morpholine rings is 1. The molecule has 0 saturated carbocycles. The molecule has 1 fully saturated rings. The van der Waals surface area contributed by atoms with Gasteiger partial charge in [0.2, 0.25) is 0 Å². The molecule has 2 aromatic rings. The van der Waals surface area contributed by atoms with Crippen molar-refractivity contribution in [3.05, 3.63) is 47.4 Å². The van der Waals surface area contributed by atoms with E-state index in [1.54, 1.807) is 12.1 Å². The number of nitrogens with two attached hydrogens (primary N) is 1. The van der Waals surface area contributed by atoms with Crippen LogP contribution in [0, 0.1) is 6.92 Å². The molecule has 5 nitrogen and oxygen atoms in total. The highest BCUT2D eigenvalue weighted by molar-refractivity contribution is 5.43. The van der Waals surface area contributed by atoms with E-state index in [0.717, 1.165) is 18.0 Å². The Morgan fingerprint density at radius 3 is 2.71 bits per heavy atom. The third-order valence-corrected chi connectivity index (χ3v) is 3.79. The van der Waals surface area contributed by atoms with E-state index in [1.807, 2.05) is 11.8 Å². The van der Waals surface area contributed by atoms with Crippen LogP contribution in [0.2, 0.25) is 0 Å². The first-order chi connectivity index (χ1) is 11.3. The zero-order valence-electron chi connectivity index (χ0n) is 13.0. The minimum Gasteiger partial charge on any atom is -0.399 e. The lowest BCUT2D eigenvalue weighted by Gasteiger charge is -2.33. The molecule has 0 aliphatic carbocycles. The lowest BCUT2D eigenvalue weighted by atomic mass is 10.1. The van der Waals surface area contributed by atoms with E-state index < -0.39 is 11.7 Å². The Kier molecular flexibility index (Phi) is 4.31. The number of aromatic nitrogens is 2. The first-order valence-corrected chi connectivity index (χ1v) is 7.47. The second-order valence-corrected chi connectivity index (χ2v) is 5.68. The number of rotatable bonds is 2. The molecule has 1 atom stereocenters. The molecule has 1 unspecified atom stereocenters. The number of hydrogen-bond acceptors (Lipinski definition) is 5. The molecule has 2 aromatic heterocycles. The predicted octanol–water partition coefficient (Wildman–Crippen LogP) is 2.96. The van der Waals surface area contributed by atoms with Crippen molar-refractivity contribution in [2.24, 2.45) is 0 Å². The fourth-order valence-corrected chi connectivity index (χ4v) is 2.66. The van der Waals surface area contributed by atoms with E-state index in [2.05, 4.69) is 9.97 Å². The molecular weight excluding hydrogens is 321 g/mol. The summed E-state index contributed by atoms with van der Waals surface area (Å²) in [6.45, 7) is 3.28. The molecule has 3 heterocycles. The lowest BCUT2D eigenvalue weighted by Crippen LogP contribution is -2.39. The quantitative estimate of drug-likeness (QED) is 0.912. The van der Waals surface area contributed by atoms with Gasteiger partial charge >= 0.3 is 6.18 Å². The number of nitrogen functional groups attached to an aromatic ring is 1. The molecule has 2 N–H and O–H groups in total. The molecule has 1 aliphatic rings. The van der Waals surface area contributed by atoms with Crippen molar-refractivity contribution in [2.75, 3.05) is 30.3 Å². The van der Waals surface area contributed by atoms with Crippen molar-refractivity contribution in [3.63, 3.8) is 0 Å². The largest absolute Gasteiger partial charge is 0.417 e. The van der Waals surface area contributed by atoms with Crippen LogP contribution in [0.4, 0.5) is 24.7 Å². The van der Waals surface area contributed by atoms with E-state index in [9.17, 15) is 13.2 Å². The lowest BCUT2D eigenvalue weighted by molar-refractivity contribution is -0.137. The number of halogens is 3. The molecule has 1 saturated heterocycles. The molecule has 0 amide bonds. The van der Waals surface area contributed by atoms with Gasteiger partial charge in [-0.15, -0.1) is 0 Å². The molecule has 8 heteroatoms. The maximum absolute atomic E-state index is 12.6. The Bertz CT molecular complexity index is 698. The van der Waals surface area contributed by atoms with Gasteiger partial charge in [-0.25, -0.2) is 4.98 Å². The summed E-state index contributed by atoms with van der Waals surface area (Å²) in [5, 5.41) is 0. The highest BCUT2D eigenvalue weighted by atomic mass is 19.4. The van der Waals surface area contributed by atoms with Crippen LogP contribution in [0.3, 0.4) is 0 Å². The van der Waals surface area contributed by atoms with Gasteiger partial charge < -0.3 is 15.4 Å². The summed E-state index contributed by atoms with van der Waals surface area (Å²) in [6, 6.07) is 5.93. The summed E-state index contributed by atoms with van der Waals surface area (Å²) in [4.78, 5) is 10.3. The van der Waals surface area contributed by atoms with Crippen molar-refractivity contribution in [1.29, 1.82) is 0 Å². The molecule has 0 aromatic carbocycles. The standard InChI is InChI=1S/C16H17F3N4O/c1-10-6-12(20)7-13(22-10)14-9-23(4-5-24-14)15-3-2-11(8-21-15)16(17,18)19/h2-3,6-8,14H,4-5,9H2,1H3,(H2,20,22). The molecular formula is C16H17F3N4O. The maximum Gasteiger partial charge on any atom is 0.417 e. The molecule has 0 bridgehead atoms. The first kappa shape index (κ1) is 16.5. The summed E-state index contributed by atoms with van der Waals surface area (Å²) in [6.07, 6.45) is -3.84. The van der Waals surface area contributed by atoms with Crippen LogP contribution in [0.15, 0.2) is 30.5 Å². The monoisotopic (exact) mass is 338 g/mol. The van der Waals surface area contributed by atoms with Crippen LogP contribution < -0.4 is 10.6 Å². The Balaban J connectivity index is 1.78. The van der Waals surface area contributed by atoms with Gasteiger partial charge in [0.05, 0.1) is 24.4 Å². The van der Waals surface area contributed by atoms with Gasteiger partial charge in [-0.05, 0) is 31.2 Å². The van der Waals surface area contributed by atoms with E-state index in [4.69, 9.17) is 10.5 Å². The van der Waals surface area contributed by atoms with Crippen LogP contribution in [-0.2, 0) is 10.9 Å². The van der Waals surface area contributed by atoms with Crippen molar-refractivity contribution in [1.82, 2.24) is 9.97 Å². The Morgan fingerprint density at radius 1 is 1.29 bits per heavy atom. The SMILES string of the molecule is Cc1cc(N)cc(C2CN(c3ccc(C(F)(F)F)cn3)CCO2)n1. The van der Waals surface area contributed by atoms with Crippen molar-refractivity contribution < 1.29 is 17.9 Å². The van der Waals surface area contributed by atoms with Crippen LogP contribution in [0.1, 0.15) is 23.1 Å². The van der Waals surface area contributed by atoms with E-state index in [0.29, 0.717) is 36.9 Å². The average molecular weight is 338 g/mol. The number of aryl methyl sites for hydroxylation is 1. The zero-order chi connectivity index (χ0) is 17.3. The smallest absolute Gasteiger partial charge is 0.399 e. The third-order valence-electron chi connectivity index (χ3n) is 3.79. The molecule has 3 rings (SSSR count). The normalized spacial score (nSPS) is 18.7. The van der Waals surface area contributed by atoms with Gasteiger partial charge in [-0.1, -0.05) is 0 Å². The van der Waals surface area contributed by atoms with Crippen LogP contribution in [0.5, 0.6) is 0 Å². The van der Waals surface area contributed by atoms with Gasteiger partial charge in [0.15, 0.2) is 0 Å². The number of anilines is 2. The Labute approximate surface area is 137 Å². The summed E-state index contributed by atoms with van der Waals surface area (Å²) in [5.74, 6) is 0.483. The molecule has 24 heavy (non-hydrogen) atoms. The number of hydrogen-bond donors (Lipinski definition) is 1. The van der Waals surface area contributed by atoms with Gasteiger partial charge in [0, 0.05) is 24.1 Å². The molecule has 0 spiro atoms. The number of ether oxygens (including phenoxy) is 1. The van der Waals surface area contributed by atoms with Crippen molar-refractivity contribution in [2.45, 2.75) is 19.2 Å². The number of pyridine rings is 2. The molecule has 128 valence electrons. The minimum absolute atomic E-state index is 0.301. The number of alkyl halides is 3. The van der Waals surface area contributed by atoms with Gasteiger partial charge in [-0.3, -0.25) is 4.98 Å². The fraction of sp³-hybridized carbons (Fsp3) is 0.375.